The quantitative estimate of drug-likeness (QED) is 0.862. The largest absolute Gasteiger partial charge is 0.397 e. The molecule has 0 bridgehead atoms. The molecule has 2 rings (SSSR count). The first-order valence-corrected chi connectivity index (χ1v) is 6.19. The van der Waals surface area contributed by atoms with E-state index < -0.39 is 0 Å². The molecule has 18 heavy (non-hydrogen) atoms. The highest BCUT2D eigenvalue weighted by Gasteiger charge is 1.99. The SMILES string of the molecule is CC(C)c1ccc(CNc2ccc(N)cn2)cc1. The van der Waals surface area contributed by atoms with Crippen LogP contribution in [0.25, 0.3) is 0 Å². The second-order valence-corrected chi connectivity index (χ2v) is 4.73. The predicted octanol–water partition coefficient (Wildman–Crippen LogP) is 3.40. The maximum Gasteiger partial charge on any atom is 0.126 e. The van der Waals surface area contributed by atoms with E-state index in [1.165, 1.54) is 11.1 Å². The van der Waals surface area contributed by atoms with Gasteiger partial charge in [0.25, 0.3) is 0 Å². The molecular formula is C15H19N3. The van der Waals surface area contributed by atoms with Crippen LogP contribution in [-0.2, 0) is 6.54 Å². The van der Waals surface area contributed by atoms with Gasteiger partial charge in [-0.25, -0.2) is 4.98 Å². The van der Waals surface area contributed by atoms with E-state index in [0.29, 0.717) is 11.6 Å². The summed E-state index contributed by atoms with van der Waals surface area (Å²) in [5, 5.41) is 3.27. The molecule has 1 aromatic carbocycles. The van der Waals surface area contributed by atoms with Gasteiger partial charge in [-0.15, -0.1) is 0 Å². The van der Waals surface area contributed by atoms with Crippen LogP contribution in [0.15, 0.2) is 42.6 Å². The van der Waals surface area contributed by atoms with E-state index in [1.807, 2.05) is 12.1 Å². The summed E-state index contributed by atoms with van der Waals surface area (Å²) < 4.78 is 0. The van der Waals surface area contributed by atoms with Gasteiger partial charge >= 0.3 is 0 Å². The Balaban J connectivity index is 1.95. The number of anilines is 2. The summed E-state index contributed by atoms with van der Waals surface area (Å²) in [6.07, 6.45) is 1.66. The van der Waals surface area contributed by atoms with Crippen molar-refractivity contribution in [3.8, 4) is 0 Å². The minimum absolute atomic E-state index is 0.575. The molecule has 0 saturated heterocycles. The van der Waals surface area contributed by atoms with Crippen LogP contribution in [0.3, 0.4) is 0 Å². The Labute approximate surface area is 108 Å². The molecule has 0 unspecified atom stereocenters. The van der Waals surface area contributed by atoms with Crippen LogP contribution in [0.1, 0.15) is 30.9 Å². The number of hydrogen-bond acceptors (Lipinski definition) is 3. The lowest BCUT2D eigenvalue weighted by molar-refractivity contribution is 0.865. The van der Waals surface area contributed by atoms with E-state index in [2.05, 4.69) is 48.4 Å². The van der Waals surface area contributed by atoms with E-state index in [4.69, 9.17) is 5.73 Å². The number of hydrogen-bond donors (Lipinski definition) is 2. The standard InChI is InChI=1S/C15H19N3/c1-11(2)13-5-3-12(4-6-13)9-17-15-8-7-14(16)10-18-15/h3-8,10-11H,9,16H2,1-2H3,(H,17,18). The molecule has 0 fully saturated rings. The first-order valence-electron chi connectivity index (χ1n) is 6.19. The lowest BCUT2D eigenvalue weighted by Gasteiger charge is -2.08. The molecule has 3 heteroatoms. The number of pyridine rings is 1. The van der Waals surface area contributed by atoms with Crippen molar-refractivity contribution in [3.05, 3.63) is 53.7 Å². The monoisotopic (exact) mass is 241 g/mol. The summed E-state index contributed by atoms with van der Waals surface area (Å²) in [5.74, 6) is 1.42. The zero-order valence-corrected chi connectivity index (χ0v) is 10.9. The topological polar surface area (TPSA) is 50.9 Å². The van der Waals surface area contributed by atoms with Crippen molar-refractivity contribution < 1.29 is 0 Å². The maximum absolute atomic E-state index is 5.59. The number of aromatic nitrogens is 1. The van der Waals surface area contributed by atoms with E-state index in [0.717, 1.165) is 12.4 Å². The Morgan fingerprint density at radius 1 is 1.11 bits per heavy atom. The first kappa shape index (κ1) is 12.4. The van der Waals surface area contributed by atoms with Gasteiger partial charge in [0.05, 0.1) is 11.9 Å². The van der Waals surface area contributed by atoms with Gasteiger partial charge in [-0.05, 0) is 29.2 Å². The highest BCUT2D eigenvalue weighted by Crippen LogP contribution is 2.15. The van der Waals surface area contributed by atoms with Crippen LogP contribution in [0.5, 0.6) is 0 Å². The number of nitrogens with two attached hydrogens (primary N) is 1. The van der Waals surface area contributed by atoms with Gasteiger partial charge in [-0.1, -0.05) is 38.1 Å². The lowest BCUT2D eigenvalue weighted by Crippen LogP contribution is -2.01. The van der Waals surface area contributed by atoms with Crippen molar-refractivity contribution in [3.63, 3.8) is 0 Å². The summed E-state index contributed by atoms with van der Waals surface area (Å²) in [5.41, 5.74) is 8.88. The molecule has 0 saturated carbocycles. The van der Waals surface area contributed by atoms with Gasteiger partial charge < -0.3 is 11.1 Å². The summed E-state index contributed by atoms with van der Waals surface area (Å²) in [4.78, 5) is 4.20. The van der Waals surface area contributed by atoms with E-state index >= 15 is 0 Å². The Kier molecular flexibility index (Phi) is 3.82. The molecule has 0 atom stereocenters. The Bertz CT molecular complexity index is 486. The van der Waals surface area contributed by atoms with Crippen LogP contribution in [-0.4, -0.2) is 4.98 Å². The third-order valence-electron chi connectivity index (χ3n) is 2.91. The molecule has 3 nitrogen and oxygen atoms in total. The number of nitrogen functional groups attached to an aromatic ring is 1. The third-order valence-corrected chi connectivity index (χ3v) is 2.91. The first-order chi connectivity index (χ1) is 8.65. The van der Waals surface area contributed by atoms with Gasteiger partial charge in [0.2, 0.25) is 0 Å². The fraction of sp³-hybridized carbons (Fsp3) is 0.267. The van der Waals surface area contributed by atoms with Gasteiger partial charge in [0, 0.05) is 6.54 Å². The predicted molar refractivity (Wildman–Crippen MR) is 76.5 cm³/mol. The third kappa shape index (κ3) is 3.23. The number of rotatable bonds is 4. The number of nitrogens with zero attached hydrogens (tertiary/aromatic N) is 1. The molecule has 3 N–H and O–H groups in total. The van der Waals surface area contributed by atoms with Crippen molar-refractivity contribution in [2.75, 3.05) is 11.1 Å². The van der Waals surface area contributed by atoms with Crippen LogP contribution in [0.4, 0.5) is 11.5 Å². The van der Waals surface area contributed by atoms with Crippen molar-refractivity contribution in [2.45, 2.75) is 26.3 Å². The minimum Gasteiger partial charge on any atom is -0.397 e. The van der Waals surface area contributed by atoms with Gasteiger partial charge in [-0.2, -0.15) is 0 Å². The second-order valence-electron chi connectivity index (χ2n) is 4.73. The number of nitrogens with one attached hydrogen (secondary N) is 1. The van der Waals surface area contributed by atoms with Crippen LogP contribution in [0.2, 0.25) is 0 Å². The molecule has 2 aromatic rings. The molecular weight excluding hydrogens is 222 g/mol. The average Bonchev–Trinajstić information content (AvgIpc) is 2.38. The Morgan fingerprint density at radius 3 is 2.39 bits per heavy atom. The normalized spacial score (nSPS) is 10.6. The molecule has 1 heterocycles. The highest BCUT2D eigenvalue weighted by molar-refractivity contribution is 5.44. The van der Waals surface area contributed by atoms with Crippen molar-refractivity contribution in [1.29, 1.82) is 0 Å². The van der Waals surface area contributed by atoms with Crippen LogP contribution < -0.4 is 11.1 Å². The Hall–Kier alpha value is -2.03. The fourth-order valence-electron chi connectivity index (χ4n) is 1.72. The Morgan fingerprint density at radius 2 is 1.83 bits per heavy atom. The summed E-state index contributed by atoms with van der Waals surface area (Å²) in [6.45, 7) is 5.17. The second kappa shape index (κ2) is 5.54. The molecule has 0 radical (unpaired) electrons. The molecule has 94 valence electrons. The average molecular weight is 241 g/mol. The summed E-state index contributed by atoms with van der Waals surface area (Å²) in [7, 11) is 0. The summed E-state index contributed by atoms with van der Waals surface area (Å²) in [6, 6.07) is 12.4. The van der Waals surface area contributed by atoms with Crippen molar-refractivity contribution in [1.82, 2.24) is 4.98 Å². The molecule has 0 aliphatic heterocycles. The molecule has 0 spiro atoms. The van der Waals surface area contributed by atoms with Gasteiger partial charge in [0.15, 0.2) is 0 Å². The summed E-state index contributed by atoms with van der Waals surface area (Å²) >= 11 is 0. The van der Waals surface area contributed by atoms with E-state index in [-0.39, 0.29) is 0 Å². The maximum atomic E-state index is 5.59. The zero-order chi connectivity index (χ0) is 13.0. The van der Waals surface area contributed by atoms with Gasteiger partial charge in [-0.3, -0.25) is 0 Å². The van der Waals surface area contributed by atoms with E-state index in [9.17, 15) is 0 Å². The molecule has 0 amide bonds. The van der Waals surface area contributed by atoms with Gasteiger partial charge in [0.1, 0.15) is 5.82 Å². The lowest BCUT2D eigenvalue weighted by atomic mass is 10.0. The van der Waals surface area contributed by atoms with Crippen LogP contribution >= 0.6 is 0 Å². The van der Waals surface area contributed by atoms with Crippen molar-refractivity contribution >= 4 is 11.5 Å². The van der Waals surface area contributed by atoms with Crippen molar-refractivity contribution in [2.24, 2.45) is 0 Å². The van der Waals surface area contributed by atoms with Crippen LogP contribution in [0, 0.1) is 0 Å². The molecule has 1 aromatic heterocycles. The smallest absolute Gasteiger partial charge is 0.126 e. The minimum atomic E-state index is 0.575. The van der Waals surface area contributed by atoms with E-state index in [1.54, 1.807) is 6.20 Å². The zero-order valence-electron chi connectivity index (χ0n) is 10.9. The highest BCUT2D eigenvalue weighted by atomic mass is 15.0. The molecule has 0 aliphatic carbocycles. The number of benzene rings is 1. The molecule has 0 aliphatic rings. The fourth-order valence-corrected chi connectivity index (χ4v) is 1.72.